The van der Waals surface area contributed by atoms with Crippen LogP contribution < -0.4 is 9.47 Å². The second-order valence-electron chi connectivity index (χ2n) is 6.70. The fourth-order valence-electron chi connectivity index (χ4n) is 3.16. The molecule has 29 heavy (non-hydrogen) atoms. The summed E-state index contributed by atoms with van der Waals surface area (Å²) >= 11 is 0. The maximum absolute atomic E-state index is 12.5. The Bertz CT molecular complexity index is 864. The summed E-state index contributed by atoms with van der Waals surface area (Å²) in [4.78, 5) is 25.9. The Hall–Kier alpha value is -2.55. The van der Waals surface area contributed by atoms with Crippen LogP contribution in [0.4, 0.5) is 0 Å². The van der Waals surface area contributed by atoms with Crippen molar-refractivity contribution in [1.82, 2.24) is 4.90 Å². The molecule has 1 aliphatic rings. The molecule has 0 aromatic heterocycles. The Morgan fingerprint density at radius 1 is 1.21 bits per heavy atom. The predicted molar refractivity (Wildman–Crippen MR) is 109 cm³/mol. The molecule has 1 amide bonds. The molecule has 0 aliphatic carbocycles. The van der Waals surface area contributed by atoms with E-state index in [1.807, 2.05) is 6.92 Å². The first-order valence-electron chi connectivity index (χ1n) is 9.36. The van der Waals surface area contributed by atoms with E-state index in [0.717, 1.165) is 0 Å². The zero-order chi connectivity index (χ0) is 21.4. The number of carbonyl (C=O) groups excluding carboxylic acids is 2. The number of ether oxygens (including phenoxy) is 3. The van der Waals surface area contributed by atoms with Gasteiger partial charge in [0.05, 0.1) is 25.7 Å². The molecule has 0 unspecified atom stereocenters. The number of nitrogens with zero attached hydrogens (tertiary/aromatic N) is 1. The number of rotatable bonds is 9. The van der Waals surface area contributed by atoms with Gasteiger partial charge in [-0.25, -0.2) is 13.2 Å². The molecule has 8 nitrogen and oxygen atoms in total. The van der Waals surface area contributed by atoms with E-state index in [1.165, 1.54) is 25.2 Å². The lowest BCUT2D eigenvalue weighted by Crippen LogP contribution is -2.43. The van der Waals surface area contributed by atoms with E-state index in [-0.39, 0.29) is 23.5 Å². The molecule has 1 aromatic carbocycles. The van der Waals surface area contributed by atoms with Gasteiger partial charge in [0.15, 0.2) is 27.9 Å². The third-order valence-electron chi connectivity index (χ3n) is 4.59. The Balaban J connectivity index is 1.93. The van der Waals surface area contributed by atoms with Gasteiger partial charge in [-0.2, -0.15) is 0 Å². The van der Waals surface area contributed by atoms with Crippen LogP contribution >= 0.6 is 0 Å². The highest BCUT2D eigenvalue weighted by Gasteiger charge is 2.34. The summed E-state index contributed by atoms with van der Waals surface area (Å²) in [6.45, 7) is 1.91. The molecule has 0 bridgehead atoms. The van der Waals surface area contributed by atoms with E-state index in [4.69, 9.17) is 14.2 Å². The van der Waals surface area contributed by atoms with Gasteiger partial charge in [0, 0.05) is 18.7 Å². The van der Waals surface area contributed by atoms with E-state index in [2.05, 4.69) is 0 Å². The fraction of sp³-hybridized carbons (Fsp3) is 0.500. The van der Waals surface area contributed by atoms with Crippen LogP contribution in [0.15, 0.2) is 24.3 Å². The molecule has 0 N–H and O–H groups in total. The molecule has 1 saturated heterocycles. The quantitative estimate of drug-likeness (QED) is 0.438. The second kappa shape index (κ2) is 10.3. The van der Waals surface area contributed by atoms with E-state index < -0.39 is 22.4 Å². The van der Waals surface area contributed by atoms with Gasteiger partial charge in [0.25, 0.3) is 5.91 Å². The van der Waals surface area contributed by atoms with Crippen molar-refractivity contribution >= 4 is 27.8 Å². The van der Waals surface area contributed by atoms with Crippen molar-refractivity contribution in [3.05, 3.63) is 29.8 Å². The van der Waals surface area contributed by atoms with Gasteiger partial charge in [-0.1, -0.05) is 13.0 Å². The third kappa shape index (κ3) is 6.49. The molecule has 9 heteroatoms. The minimum Gasteiger partial charge on any atom is -0.493 e. The van der Waals surface area contributed by atoms with Crippen molar-refractivity contribution in [2.24, 2.45) is 0 Å². The highest BCUT2D eigenvalue weighted by atomic mass is 32.2. The van der Waals surface area contributed by atoms with Gasteiger partial charge in [0.2, 0.25) is 0 Å². The summed E-state index contributed by atoms with van der Waals surface area (Å²) in [7, 11) is -0.0567. The molecule has 1 aromatic rings. The zero-order valence-electron chi connectivity index (χ0n) is 16.9. The summed E-state index contributed by atoms with van der Waals surface area (Å²) in [6.07, 6.45) is 3.87. The lowest BCUT2D eigenvalue weighted by atomic mass is 10.2. The number of methoxy groups -OCH3 is 2. The average molecular weight is 426 g/mol. The van der Waals surface area contributed by atoms with Crippen LogP contribution in [0.3, 0.4) is 0 Å². The van der Waals surface area contributed by atoms with Crippen molar-refractivity contribution in [1.29, 1.82) is 0 Å². The van der Waals surface area contributed by atoms with Crippen molar-refractivity contribution in [3.8, 4) is 11.5 Å². The number of carbonyl (C=O) groups is 2. The third-order valence-corrected chi connectivity index (χ3v) is 6.34. The van der Waals surface area contributed by atoms with Gasteiger partial charge < -0.3 is 19.1 Å². The molecule has 0 spiro atoms. The Kier molecular flexibility index (Phi) is 8.07. The summed E-state index contributed by atoms with van der Waals surface area (Å²) in [5.41, 5.74) is 0.703. The topological polar surface area (TPSA) is 99.2 Å². The van der Waals surface area contributed by atoms with E-state index in [9.17, 15) is 18.0 Å². The Labute approximate surface area is 171 Å². The van der Waals surface area contributed by atoms with E-state index in [1.54, 1.807) is 24.3 Å². The number of hydrogen-bond donors (Lipinski definition) is 0. The van der Waals surface area contributed by atoms with Crippen LogP contribution in [0.2, 0.25) is 0 Å². The first-order valence-corrected chi connectivity index (χ1v) is 11.2. The normalized spacial score (nSPS) is 17.8. The standard InChI is InChI=1S/C20H27NO7S/c1-4-10-21(16-9-11-29(24,25)14-16)19(22)13-28-20(23)8-6-15-5-7-17(26-2)18(12-15)27-3/h5-8,12,16H,4,9-11,13-14H2,1-3H3/b8-6+/t16-/m0/s1. The number of benzene rings is 1. The minimum atomic E-state index is -3.11. The van der Waals surface area contributed by atoms with Crippen molar-refractivity contribution in [2.45, 2.75) is 25.8 Å². The van der Waals surface area contributed by atoms with Crippen LogP contribution in [0.5, 0.6) is 11.5 Å². The molecular formula is C20H27NO7S. The number of esters is 1. The summed E-state index contributed by atoms with van der Waals surface area (Å²) in [5, 5.41) is 0. The lowest BCUT2D eigenvalue weighted by Gasteiger charge is -2.27. The maximum atomic E-state index is 12.5. The summed E-state index contributed by atoms with van der Waals surface area (Å²) in [6, 6.07) is 4.82. The van der Waals surface area contributed by atoms with Gasteiger partial charge in [-0.15, -0.1) is 0 Å². The van der Waals surface area contributed by atoms with E-state index in [0.29, 0.717) is 36.4 Å². The molecule has 1 atom stereocenters. The molecule has 1 heterocycles. The molecule has 0 saturated carbocycles. The number of amides is 1. The fourth-order valence-corrected chi connectivity index (χ4v) is 4.89. The van der Waals surface area contributed by atoms with Crippen LogP contribution in [-0.2, 0) is 24.2 Å². The maximum Gasteiger partial charge on any atom is 0.331 e. The molecule has 160 valence electrons. The second-order valence-corrected chi connectivity index (χ2v) is 8.93. The Morgan fingerprint density at radius 2 is 1.93 bits per heavy atom. The Morgan fingerprint density at radius 3 is 2.52 bits per heavy atom. The van der Waals surface area contributed by atoms with Crippen molar-refractivity contribution < 1.29 is 32.2 Å². The van der Waals surface area contributed by atoms with Gasteiger partial charge in [-0.3, -0.25) is 4.79 Å². The largest absolute Gasteiger partial charge is 0.493 e. The summed E-state index contributed by atoms with van der Waals surface area (Å²) < 4.78 is 38.8. The first kappa shape index (κ1) is 22.7. The van der Waals surface area contributed by atoms with Crippen LogP contribution in [0.1, 0.15) is 25.3 Å². The van der Waals surface area contributed by atoms with Crippen molar-refractivity contribution in [3.63, 3.8) is 0 Å². The average Bonchev–Trinajstić information content (AvgIpc) is 3.07. The number of sulfone groups is 1. The smallest absolute Gasteiger partial charge is 0.331 e. The zero-order valence-corrected chi connectivity index (χ0v) is 17.7. The molecule has 0 radical (unpaired) electrons. The summed E-state index contributed by atoms with van der Waals surface area (Å²) in [5.74, 6) is 0.0957. The highest BCUT2D eigenvalue weighted by Crippen LogP contribution is 2.28. The number of hydrogen-bond acceptors (Lipinski definition) is 7. The molecule has 2 rings (SSSR count). The highest BCUT2D eigenvalue weighted by molar-refractivity contribution is 7.91. The lowest BCUT2D eigenvalue weighted by molar-refractivity contribution is -0.149. The SMILES string of the molecule is CCCN(C(=O)COC(=O)/C=C/c1ccc(OC)c(OC)c1)[C@H]1CCS(=O)(=O)C1. The van der Waals surface area contributed by atoms with Gasteiger partial charge in [0.1, 0.15) is 0 Å². The van der Waals surface area contributed by atoms with Crippen LogP contribution in [0, 0.1) is 0 Å². The molecular weight excluding hydrogens is 398 g/mol. The monoisotopic (exact) mass is 425 g/mol. The van der Waals surface area contributed by atoms with E-state index >= 15 is 0 Å². The van der Waals surface area contributed by atoms with Crippen LogP contribution in [-0.4, -0.2) is 70.1 Å². The predicted octanol–water partition coefficient (Wildman–Crippen LogP) is 1.69. The first-order chi connectivity index (χ1) is 13.8. The van der Waals surface area contributed by atoms with Crippen molar-refractivity contribution in [2.75, 3.05) is 38.9 Å². The van der Waals surface area contributed by atoms with Gasteiger partial charge in [-0.05, 0) is 36.6 Å². The van der Waals surface area contributed by atoms with Crippen LogP contribution in [0.25, 0.3) is 6.08 Å². The molecule has 1 fully saturated rings. The minimum absolute atomic E-state index is 0.0358. The molecule has 1 aliphatic heterocycles. The van der Waals surface area contributed by atoms with Gasteiger partial charge >= 0.3 is 5.97 Å².